The van der Waals surface area contributed by atoms with Crippen molar-refractivity contribution in [2.45, 2.75) is 19.8 Å². The molecule has 0 fully saturated rings. The molecule has 0 unspecified atom stereocenters. The topological polar surface area (TPSA) is 29.1 Å². The van der Waals surface area contributed by atoms with Crippen LogP contribution in [0.2, 0.25) is 0 Å². The highest BCUT2D eigenvalue weighted by molar-refractivity contribution is 6.33. The van der Waals surface area contributed by atoms with Crippen LogP contribution in [-0.2, 0) is 11.2 Å². The molecule has 0 atom stereocenters. The Bertz CT molecular complexity index is 664. The average molecular weight is 249 g/mol. The van der Waals surface area contributed by atoms with E-state index in [4.69, 9.17) is 0 Å². The van der Waals surface area contributed by atoms with Gasteiger partial charge in [0.2, 0.25) is 5.91 Å². The molecule has 1 N–H and O–H groups in total. The first kappa shape index (κ1) is 12.0. The number of nitrogens with one attached hydrogen (secondary N) is 1. The number of rotatable bonds is 1. The molecule has 2 aromatic carbocycles. The molecular weight excluding hydrogens is 233 g/mol. The van der Waals surface area contributed by atoms with Crippen molar-refractivity contribution in [3.05, 3.63) is 47.5 Å². The molecule has 1 heterocycles. The predicted molar refractivity (Wildman–Crippen MR) is 81.7 cm³/mol. The highest BCUT2D eigenvalue weighted by Crippen LogP contribution is 2.28. The van der Waals surface area contributed by atoms with Crippen LogP contribution < -0.4 is 10.8 Å². The summed E-state index contributed by atoms with van der Waals surface area (Å²) < 4.78 is 0. The third-order valence-electron chi connectivity index (χ3n) is 3.84. The Hall–Kier alpha value is -2.03. The van der Waals surface area contributed by atoms with E-state index in [9.17, 15) is 4.79 Å². The van der Waals surface area contributed by atoms with E-state index in [1.807, 2.05) is 6.07 Å². The SMILES string of the molecule is Bc1ccc(-c2ccc3c(c2)CCC(=O)N3)cc1C. The number of benzene rings is 2. The van der Waals surface area contributed by atoms with Crippen molar-refractivity contribution in [2.75, 3.05) is 5.32 Å². The minimum absolute atomic E-state index is 0.117. The lowest BCUT2D eigenvalue weighted by Crippen LogP contribution is -2.18. The third-order valence-corrected chi connectivity index (χ3v) is 3.84. The number of fused-ring (bicyclic) bond motifs is 1. The second-order valence-corrected chi connectivity index (χ2v) is 5.22. The number of carbonyl (C=O) groups is 1. The first-order valence-corrected chi connectivity index (χ1v) is 6.64. The first-order valence-electron chi connectivity index (χ1n) is 6.64. The van der Waals surface area contributed by atoms with Gasteiger partial charge in [-0.25, -0.2) is 0 Å². The lowest BCUT2D eigenvalue weighted by Gasteiger charge is -2.18. The third kappa shape index (κ3) is 2.28. The molecule has 3 heteroatoms. The largest absolute Gasteiger partial charge is 0.326 e. The molecule has 19 heavy (non-hydrogen) atoms. The molecule has 0 spiro atoms. The van der Waals surface area contributed by atoms with Gasteiger partial charge in [0.05, 0.1) is 0 Å². The van der Waals surface area contributed by atoms with Crippen LogP contribution in [0, 0.1) is 6.92 Å². The van der Waals surface area contributed by atoms with E-state index in [2.05, 4.69) is 50.4 Å². The fourth-order valence-corrected chi connectivity index (χ4v) is 2.48. The summed E-state index contributed by atoms with van der Waals surface area (Å²) in [5.41, 5.74) is 7.28. The van der Waals surface area contributed by atoms with E-state index in [0.717, 1.165) is 12.1 Å². The normalized spacial score (nSPS) is 13.8. The lowest BCUT2D eigenvalue weighted by molar-refractivity contribution is -0.116. The summed E-state index contributed by atoms with van der Waals surface area (Å²) in [5, 5.41) is 2.92. The summed E-state index contributed by atoms with van der Waals surface area (Å²) in [4.78, 5) is 11.4. The van der Waals surface area contributed by atoms with Crippen LogP contribution in [0.15, 0.2) is 36.4 Å². The number of aryl methyl sites for hydroxylation is 2. The number of hydrogen-bond acceptors (Lipinski definition) is 1. The second-order valence-electron chi connectivity index (χ2n) is 5.22. The number of carbonyl (C=O) groups excluding carboxylic acids is 1. The van der Waals surface area contributed by atoms with Crippen molar-refractivity contribution in [1.29, 1.82) is 0 Å². The van der Waals surface area contributed by atoms with Gasteiger partial charge in [-0.1, -0.05) is 35.3 Å². The van der Waals surface area contributed by atoms with Crippen LogP contribution >= 0.6 is 0 Å². The summed E-state index contributed by atoms with van der Waals surface area (Å²) in [7, 11) is 2.13. The second kappa shape index (κ2) is 4.58. The lowest BCUT2D eigenvalue weighted by atomic mass is 9.88. The molecule has 2 aromatic rings. The maximum atomic E-state index is 11.4. The van der Waals surface area contributed by atoms with E-state index in [1.54, 1.807) is 0 Å². The maximum Gasteiger partial charge on any atom is 0.224 e. The Labute approximate surface area is 114 Å². The van der Waals surface area contributed by atoms with Crippen LogP contribution in [0.5, 0.6) is 0 Å². The quantitative estimate of drug-likeness (QED) is 0.767. The average Bonchev–Trinajstić information content (AvgIpc) is 2.41. The Balaban J connectivity index is 2.02. The zero-order valence-electron chi connectivity index (χ0n) is 11.3. The molecule has 0 saturated heterocycles. The Morgan fingerprint density at radius 1 is 1.05 bits per heavy atom. The molecule has 0 radical (unpaired) electrons. The number of anilines is 1. The molecular formula is C16H16BNO. The highest BCUT2D eigenvalue weighted by Gasteiger charge is 2.15. The summed E-state index contributed by atoms with van der Waals surface area (Å²) in [5.74, 6) is 0.117. The summed E-state index contributed by atoms with van der Waals surface area (Å²) in [6, 6.07) is 12.8. The highest BCUT2D eigenvalue weighted by atomic mass is 16.1. The van der Waals surface area contributed by atoms with Gasteiger partial charge < -0.3 is 5.32 Å². The fraction of sp³-hybridized carbons (Fsp3) is 0.188. The molecule has 1 amide bonds. The van der Waals surface area contributed by atoms with Gasteiger partial charge >= 0.3 is 0 Å². The van der Waals surface area contributed by atoms with Gasteiger partial charge in [-0.05, 0) is 42.2 Å². The molecule has 1 aliphatic heterocycles. The summed E-state index contributed by atoms with van der Waals surface area (Å²) in [6.07, 6.45) is 1.42. The van der Waals surface area contributed by atoms with Crippen molar-refractivity contribution in [1.82, 2.24) is 0 Å². The molecule has 0 saturated carbocycles. The van der Waals surface area contributed by atoms with Gasteiger partial charge in [-0.3, -0.25) is 4.79 Å². The van der Waals surface area contributed by atoms with E-state index < -0.39 is 0 Å². The van der Waals surface area contributed by atoms with Gasteiger partial charge in [0.25, 0.3) is 0 Å². The predicted octanol–water partition coefficient (Wildman–Crippen LogP) is 1.81. The van der Waals surface area contributed by atoms with Gasteiger partial charge in [0.1, 0.15) is 7.85 Å². The van der Waals surface area contributed by atoms with E-state index >= 15 is 0 Å². The minimum atomic E-state index is 0.117. The zero-order valence-corrected chi connectivity index (χ0v) is 11.3. The van der Waals surface area contributed by atoms with Gasteiger partial charge in [0, 0.05) is 12.1 Å². The van der Waals surface area contributed by atoms with Crippen LogP contribution in [0.4, 0.5) is 5.69 Å². The molecule has 0 aliphatic carbocycles. The smallest absolute Gasteiger partial charge is 0.224 e. The maximum absolute atomic E-state index is 11.4. The molecule has 0 bridgehead atoms. The monoisotopic (exact) mass is 249 g/mol. The number of amides is 1. The van der Waals surface area contributed by atoms with Crippen molar-refractivity contribution in [3.63, 3.8) is 0 Å². The molecule has 3 rings (SSSR count). The van der Waals surface area contributed by atoms with Gasteiger partial charge in [-0.2, -0.15) is 0 Å². The van der Waals surface area contributed by atoms with Crippen molar-refractivity contribution >= 4 is 24.9 Å². The zero-order chi connectivity index (χ0) is 13.4. The molecule has 2 nitrogen and oxygen atoms in total. The van der Waals surface area contributed by atoms with Crippen LogP contribution in [0.3, 0.4) is 0 Å². The van der Waals surface area contributed by atoms with Crippen molar-refractivity contribution in [2.24, 2.45) is 0 Å². The van der Waals surface area contributed by atoms with Crippen LogP contribution in [0.25, 0.3) is 11.1 Å². The fourth-order valence-electron chi connectivity index (χ4n) is 2.48. The van der Waals surface area contributed by atoms with Crippen LogP contribution in [0.1, 0.15) is 17.5 Å². The summed E-state index contributed by atoms with van der Waals surface area (Å²) >= 11 is 0. The van der Waals surface area contributed by atoms with E-state index in [0.29, 0.717) is 6.42 Å². The van der Waals surface area contributed by atoms with Crippen LogP contribution in [-0.4, -0.2) is 13.8 Å². The Kier molecular flexibility index (Phi) is 2.90. The molecule has 1 aliphatic rings. The van der Waals surface area contributed by atoms with Crippen molar-refractivity contribution in [3.8, 4) is 11.1 Å². The first-order chi connectivity index (χ1) is 9.13. The summed E-state index contributed by atoms with van der Waals surface area (Å²) in [6.45, 7) is 2.14. The molecule has 0 aromatic heterocycles. The van der Waals surface area contributed by atoms with E-state index in [-0.39, 0.29) is 5.91 Å². The van der Waals surface area contributed by atoms with E-state index in [1.165, 1.54) is 27.7 Å². The van der Waals surface area contributed by atoms with Crippen molar-refractivity contribution < 1.29 is 4.79 Å². The Morgan fingerprint density at radius 3 is 2.58 bits per heavy atom. The minimum Gasteiger partial charge on any atom is -0.326 e. The number of hydrogen-bond donors (Lipinski definition) is 1. The Morgan fingerprint density at radius 2 is 1.79 bits per heavy atom. The van der Waals surface area contributed by atoms with Gasteiger partial charge in [0.15, 0.2) is 0 Å². The standard InChI is InChI=1S/C16H16BNO/c1-10-8-11(2-5-14(10)17)12-3-6-15-13(9-12)4-7-16(19)18-15/h2-3,5-6,8-9H,4,7,17H2,1H3,(H,18,19). The molecule has 94 valence electrons. The van der Waals surface area contributed by atoms with Gasteiger partial charge in [-0.15, -0.1) is 0 Å².